The Morgan fingerprint density at radius 1 is 1.29 bits per heavy atom. The fraction of sp³-hybridized carbons (Fsp3) is 0.438. The number of hydrogen-bond acceptors (Lipinski definition) is 4. The summed E-state index contributed by atoms with van der Waals surface area (Å²) in [6, 6.07) is 10.6. The van der Waals surface area contributed by atoms with Crippen molar-refractivity contribution in [2.45, 2.75) is 24.3 Å². The zero-order valence-electron chi connectivity index (χ0n) is 12.3. The molecule has 0 bridgehead atoms. The van der Waals surface area contributed by atoms with Gasteiger partial charge < -0.3 is 4.74 Å². The van der Waals surface area contributed by atoms with Crippen LogP contribution in [-0.2, 0) is 17.2 Å². The Kier molecular flexibility index (Phi) is 4.05. The van der Waals surface area contributed by atoms with Crippen LogP contribution in [0.2, 0.25) is 0 Å². The van der Waals surface area contributed by atoms with E-state index in [4.69, 9.17) is 10.6 Å². The van der Waals surface area contributed by atoms with Gasteiger partial charge in [-0.05, 0) is 18.4 Å². The fourth-order valence-corrected chi connectivity index (χ4v) is 3.41. The second-order valence-corrected chi connectivity index (χ2v) is 5.68. The minimum absolute atomic E-state index is 0.0255. The molecule has 1 saturated heterocycles. The molecule has 3 rings (SSSR count). The van der Waals surface area contributed by atoms with E-state index < -0.39 is 0 Å². The summed E-state index contributed by atoms with van der Waals surface area (Å²) in [6.45, 7) is 1.51. The van der Waals surface area contributed by atoms with E-state index in [1.807, 2.05) is 30.2 Å². The third kappa shape index (κ3) is 2.60. The van der Waals surface area contributed by atoms with Gasteiger partial charge in [-0.2, -0.15) is 5.10 Å². The van der Waals surface area contributed by atoms with E-state index in [0.717, 1.165) is 31.6 Å². The Labute approximate surface area is 125 Å². The van der Waals surface area contributed by atoms with E-state index in [2.05, 4.69) is 34.8 Å². The molecule has 1 aromatic carbocycles. The maximum atomic E-state index is 5.94. The number of aryl methyl sites for hydroxylation is 1. The highest BCUT2D eigenvalue weighted by Crippen LogP contribution is 2.44. The van der Waals surface area contributed by atoms with Crippen LogP contribution in [0.1, 0.15) is 30.0 Å². The molecule has 112 valence electrons. The smallest absolute Gasteiger partial charge is 0.0589 e. The van der Waals surface area contributed by atoms with Crippen LogP contribution < -0.4 is 11.3 Å². The first-order chi connectivity index (χ1) is 10.3. The zero-order chi connectivity index (χ0) is 14.7. The second kappa shape index (κ2) is 5.97. The van der Waals surface area contributed by atoms with Crippen LogP contribution in [0, 0.1) is 0 Å². The molecule has 1 aliphatic rings. The van der Waals surface area contributed by atoms with Crippen LogP contribution in [0.4, 0.5) is 0 Å². The molecule has 2 heterocycles. The number of benzene rings is 1. The molecule has 0 aliphatic carbocycles. The highest BCUT2D eigenvalue weighted by atomic mass is 16.5. The van der Waals surface area contributed by atoms with Crippen molar-refractivity contribution in [3.05, 3.63) is 53.9 Å². The first-order valence-electron chi connectivity index (χ1n) is 7.34. The van der Waals surface area contributed by atoms with Crippen molar-refractivity contribution in [2.75, 3.05) is 13.2 Å². The normalized spacial score (nSPS) is 19.3. The van der Waals surface area contributed by atoms with Crippen molar-refractivity contribution < 1.29 is 4.74 Å². The standard InChI is InChI=1S/C16H22N4O/c1-20-12-13(11-18-20)15(19-17)16(7-9-21-10-8-16)14-5-3-2-4-6-14/h2-6,11-12,15,19H,7-10,17H2,1H3. The molecule has 5 heteroatoms. The summed E-state index contributed by atoms with van der Waals surface area (Å²) < 4.78 is 7.41. The van der Waals surface area contributed by atoms with Gasteiger partial charge in [-0.3, -0.25) is 16.0 Å². The lowest BCUT2D eigenvalue weighted by Gasteiger charge is -2.43. The van der Waals surface area contributed by atoms with Gasteiger partial charge in [-0.25, -0.2) is 0 Å². The van der Waals surface area contributed by atoms with Gasteiger partial charge in [-0.15, -0.1) is 0 Å². The van der Waals surface area contributed by atoms with Crippen molar-refractivity contribution in [3.8, 4) is 0 Å². The molecule has 5 nitrogen and oxygen atoms in total. The van der Waals surface area contributed by atoms with Crippen LogP contribution >= 0.6 is 0 Å². The van der Waals surface area contributed by atoms with Gasteiger partial charge in [0.05, 0.1) is 12.2 Å². The summed E-state index contributed by atoms with van der Waals surface area (Å²) in [5.41, 5.74) is 5.40. The number of nitrogens with one attached hydrogen (secondary N) is 1. The topological polar surface area (TPSA) is 65.1 Å². The molecule has 0 radical (unpaired) electrons. The molecule has 2 aromatic rings. The third-order valence-corrected chi connectivity index (χ3v) is 4.51. The molecular weight excluding hydrogens is 264 g/mol. The van der Waals surface area contributed by atoms with Crippen molar-refractivity contribution >= 4 is 0 Å². The number of nitrogens with zero attached hydrogens (tertiary/aromatic N) is 2. The van der Waals surface area contributed by atoms with Gasteiger partial charge in [0.25, 0.3) is 0 Å². The number of rotatable bonds is 4. The minimum atomic E-state index is -0.0582. The monoisotopic (exact) mass is 286 g/mol. The number of hydrogen-bond donors (Lipinski definition) is 2. The largest absolute Gasteiger partial charge is 0.381 e. The molecule has 1 fully saturated rings. The summed E-state index contributed by atoms with van der Waals surface area (Å²) in [5.74, 6) is 5.94. The van der Waals surface area contributed by atoms with Gasteiger partial charge in [-0.1, -0.05) is 30.3 Å². The number of ether oxygens (including phenoxy) is 1. The summed E-state index contributed by atoms with van der Waals surface area (Å²) in [6.07, 6.45) is 5.82. The molecule has 1 atom stereocenters. The SMILES string of the molecule is Cn1cc(C(NN)C2(c3ccccc3)CCOCC2)cn1. The van der Waals surface area contributed by atoms with E-state index in [9.17, 15) is 0 Å². The molecule has 1 unspecified atom stereocenters. The molecule has 1 aromatic heterocycles. The van der Waals surface area contributed by atoms with Crippen molar-refractivity contribution in [3.63, 3.8) is 0 Å². The average molecular weight is 286 g/mol. The zero-order valence-corrected chi connectivity index (χ0v) is 12.3. The minimum Gasteiger partial charge on any atom is -0.381 e. The van der Waals surface area contributed by atoms with Crippen LogP contribution in [0.15, 0.2) is 42.7 Å². The van der Waals surface area contributed by atoms with E-state index in [1.165, 1.54) is 5.56 Å². The lowest BCUT2D eigenvalue weighted by Crippen LogP contribution is -2.47. The number of hydrazine groups is 1. The van der Waals surface area contributed by atoms with Crippen molar-refractivity contribution in [1.82, 2.24) is 15.2 Å². The first kappa shape index (κ1) is 14.3. The summed E-state index contributed by atoms with van der Waals surface area (Å²) >= 11 is 0. The molecule has 3 N–H and O–H groups in total. The van der Waals surface area contributed by atoms with Crippen LogP contribution in [0.25, 0.3) is 0 Å². The number of aromatic nitrogens is 2. The average Bonchev–Trinajstić information content (AvgIpc) is 2.96. The summed E-state index contributed by atoms with van der Waals surface area (Å²) in [5, 5.41) is 4.29. The Bertz CT molecular complexity index is 575. The molecule has 0 amide bonds. The van der Waals surface area contributed by atoms with E-state index in [1.54, 1.807) is 0 Å². The highest BCUT2D eigenvalue weighted by molar-refractivity contribution is 5.32. The summed E-state index contributed by atoms with van der Waals surface area (Å²) in [7, 11) is 1.93. The predicted molar refractivity (Wildman–Crippen MR) is 81.4 cm³/mol. The van der Waals surface area contributed by atoms with Gasteiger partial charge in [0.2, 0.25) is 0 Å². The Hall–Kier alpha value is -1.69. The van der Waals surface area contributed by atoms with Crippen LogP contribution in [0.5, 0.6) is 0 Å². The van der Waals surface area contributed by atoms with Gasteiger partial charge >= 0.3 is 0 Å². The lowest BCUT2D eigenvalue weighted by atomic mass is 9.67. The quantitative estimate of drug-likeness (QED) is 0.663. The molecule has 21 heavy (non-hydrogen) atoms. The van der Waals surface area contributed by atoms with Gasteiger partial charge in [0, 0.05) is 37.4 Å². The maximum Gasteiger partial charge on any atom is 0.0589 e. The van der Waals surface area contributed by atoms with E-state index in [-0.39, 0.29) is 11.5 Å². The summed E-state index contributed by atoms with van der Waals surface area (Å²) in [4.78, 5) is 0. The molecule has 0 saturated carbocycles. The van der Waals surface area contributed by atoms with Crippen molar-refractivity contribution in [2.24, 2.45) is 12.9 Å². The first-order valence-corrected chi connectivity index (χ1v) is 7.34. The second-order valence-electron chi connectivity index (χ2n) is 5.68. The van der Waals surface area contributed by atoms with E-state index >= 15 is 0 Å². The van der Waals surface area contributed by atoms with E-state index in [0.29, 0.717) is 0 Å². The maximum absolute atomic E-state index is 5.94. The highest BCUT2D eigenvalue weighted by Gasteiger charge is 2.42. The third-order valence-electron chi connectivity index (χ3n) is 4.51. The molecular formula is C16H22N4O. The molecule has 1 aliphatic heterocycles. The van der Waals surface area contributed by atoms with Crippen LogP contribution in [0.3, 0.4) is 0 Å². The van der Waals surface area contributed by atoms with Crippen molar-refractivity contribution in [1.29, 1.82) is 0 Å². The Balaban J connectivity index is 2.05. The van der Waals surface area contributed by atoms with Gasteiger partial charge in [0.15, 0.2) is 0 Å². The Morgan fingerprint density at radius 3 is 2.57 bits per heavy atom. The predicted octanol–water partition coefficient (Wildman–Crippen LogP) is 1.67. The van der Waals surface area contributed by atoms with Gasteiger partial charge in [0.1, 0.15) is 0 Å². The number of nitrogens with two attached hydrogens (primary N) is 1. The fourth-order valence-electron chi connectivity index (χ4n) is 3.41. The lowest BCUT2D eigenvalue weighted by molar-refractivity contribution is 0.0340. The Morgan fingerprint density at radius 2 is 2.00 bits per heavy atom. The molecule has 0 spiro atoms. The van der Waals surface area contributed by atoms with Crippen LogP contribution in [-0.4, -0.2) is 23.0 Å².